The number of carbonyl (C=O) groups excluding carboxylic acids is 1. The van der Waals surface area contributed by atoms with Crippen LogP contribution >= 0.6 is 11.6 Å². The standard InChI is InChI=1S/C20H25ClN2O3S/c1-14-11-15(2)20(16(3)12-14)22-19(24)9-6-10-23(27(4,25)26)18-8-5-7-17(21)13-18/h5,7-8,11-13H,6,9-10H2,1-4H3,(H,22,24). The molecule has 146 valence electrons. The third-order valence-electron chi connectivity index (χ3n) is 4.20. The highest BCUT2D eigenvalue weighted by molar-refractivity contribution is 7.92. The van der Waals surface area contributed by atoms with E-state index in [1.165, 1.54) is 4.31 Å². The largest absolute Gasteiger partial charge is 0.326 e. The van der Waals surface area contributed by atoms with Crippen LogP contribution in [-0.2, 0) is 14.8 Å². The summed E-state index contributed by atoms with van der Waals surface area (Å²) < 4.78 is 25.5. The zero-order valence-corrected chi connectivity index (χ0v) is 17.6. The summed E-state index contributed by atoms with van der Waals surface area (Å²) >= 11 is 5.97. The minimum absolute atomic E-state index is 0.135. The van der Waals surface area contributed by atoms with E-state index in [1.807, 2.05) is 32.9 Å². The average Bonchev–Trinajstić information content (AvgIpc) is 2.53. The molecule has 27 heavy (non-hydrogen) atoms. The molecule has 0 aliphatic heterocycles. The molecular formula is C20H25ClN2O3S. The quantitative estimate of drug-likeness (QED) is 0.735. The Morgan fingerprint density at radius 1 is 1.11 bits per heavy atom. The average molecular weight is 409 g/mol. The number of nitrogens with zero attached hydrogens (tertiary/aromatic N) is 1. The molecular weight excluding hydrogens is 384 g/mol. The van der Waals surface area contributed by atoms with E-state index < -0.39 is 10.0 Å². The molecule has 0 saturated heterocycles. The number of halogens is 1. The van der Waals surface area contributed by atoms with E-state index in [0.29, 0.717) is 17.1 Å². The van der Waals surface area contributed by atoms with Crippen molar-refractivity contribution in [2.24, 2.45) is 0 Å². The molecule has 0 bridgehead atoms. The minimum Gasteiger partial charge on any atom is -0.326 e. The summed E-state index contributed by atoms with van der Waals surface area (Å²) in [6, 6.07) is 10.7. The van der Waals surface area contributed by atoms with Gasteiger partial charge in [0, 0.05) is 23.7 Å². The minimum atomic E-state index is -3.47. The van der Waals surface area contributed by atoms with Crippen LogP contribution in [0.5, 0.6) is 0 Å². The van der Waals surface area contributed by atoms with Crippen molar-refractivity contribution in [1.82, 2.24) is 0 Å². The number of sulfonamides is 1. The SMILES string of the molecule is Cc1cc(C)c(NC(=O)CCCN(c2cccc(Cl)c2)S(C)(=O)=O)c(C)c1. The molecule has 7 heteroatoms. The van der Waals surface area contributed by atoms with Crippen molar-refractivity contribution in [1.29, 1.82) is 0 Å². The number of nitrogens with one attached hydrogen (secondary N) is 1. The van der Waals surface area contributed by atoms with Crippen molar-refractivity contribution in [2.45, 2.75) is 33.6 Å². The lowest BCUT2D eigenvalue weighted by atomic mass is 10.0. The summed E-state index contributed by atoms with van der Waals surface area (Å²) in [7, 11) is -3.47. The van der Waals surface area contributed by atoms with Crippen LogP contribution in [0.3, 0.4) is 0 Å². The third kappa shape index (κ3) is 5.97. The Morgan fingerprint density at radius 2 is 1.74 bits per heavy atom. The number of carbonyl (C=O) groups is 1. The first kappa shape index (κ1) is 21.3. The molecule has 0 aliphatic rings. The molecule has 0 aliphatic carbocycles. The summed E-state index contributed by atoms with van der Waals surface area (Å²) in [6.45, 7) is 6.14. The van der Waals surface area contributed by atoms with Crippen molar-refractivity contribution in [2.75, 3.05) is 22.4 Å². The first-order chi connectivity index (χ1) is 12.6. The summed E-state index contributed by atoms with van der Waals surface area (Å²) in [5.74, 6) is -0.135. The molecule has 2 aromatic carbocycles. The number of rotatable bonds is 7. The lowest BCUT2D eigenvalue weighted by Crippen LogP contribution is -2.31. The lowest BCUT2D eigenvalue weighted by molar-refractivity contribution is -0.116. The molecule has 2 rings (SSSR count). The summed E-state index contributed by atoms with van der Waals surface area (Å²) in [4.78, 5) is 12.3. The predicted molar refractivity (Wildman–Crippen MR) is 112 cm³/mol. The maximum Gasteiger partial charge on any atom is 0.232 e. The van der Waals surface area contributed by atoms with Gasteiger partial charge in [-0.15, -0.1) is 0 Å². The Labute approximate surface area is 166 Å². The summed E-state index contributed by atoms with van der Waals surface area (Å²) in [5, 5.41) is 3.40. The van der Waals surface area contributed by atoms with Crippen molar-refractivity contribution in [3.63, 3.8) is 0 Å². The van der Waals surface area contributed by atoms with Gasteiger partial charge in [0.1, 0.15) is 0 Å². The van der Waals surface area contributed by atoms with Crippen molar-refractivity contribution >= 4 is 38.9 Å². The normalized spacial score (nSPS) is 11.3. The predicted octanol–water partition coefficient (Wildman–Crippen LogP) is 4.45. The molecule has 0 saturated carbocycles. The smallest absolute Gasteiger partial charge is 0.232 e. The van der Waals surface area contributed by atoms with E-state index >= 15 is 0 Å². The van der Waals surface area contributed by atoms with E-state index in [-0.39, 0.29) is 18.9 Å². The maximum atomic E-state index is 12.3. The molecule has 0 atom stereocenters. The fourth-order valence-corrected chi connectivity index (χ4v) is 4.22. The van der Waals surface area contributed by atoms with Crippen molar-refractivity contribution < 1.29 is 13.2 Å². The van der Waals surface area contributed by atoms with E-state index in [4.69, 9.17) is 11.6 Å². The molecule has 5 nitrogen and oxygen atoms in total. The van der Waals surface area contributed by atoms with E-state index in [2.05, 4.69) is 5.32 Å². The van der Waals surface area contributed by atoms with Crippen LogP contribution in [-0.4, -0.2) is 27.1 Å². The van der Waals surface area contributed by atoms with Gasteiger partial charge < -0.3 is 5.32 Å². The van der Waals surface area contributed by atoms with Crippen LogP contribution in [0.2, 0.25) is 5.02 Å². The molecule has 0 fully saturated rings. The first-order valence-electron chi connectivity index (χ1n) is 8.69. The van der Waals surface area contributed by atoms with Gasteiger partial charge in [-0.2, -0.15) is 0 Å². The monoisotopic (exact) mass is 408 g/mol. The highest BCUT2D eigenvalue weighted by Gasteiger charge is 2.18. The van der Waals surface area contributed by atoms with Crippen molar-refractivity contribution in [3.05, 3.63) is 58.1 Å². The second-order valence-electron chi connectivity index (χ2n) is 6.74. The van der Waals surface area contributed by atoms with Crippen LogP contribution in [0.15, 0.2) is 36.4 Å². The molecule has 1 amide bonds. The Balaban J connectivity index is 2.02. The molecule has 0 aromatic heterocycles. The highest BCUT2D eigenvalue weighted by Crippen LogP contribution is 2.24. The number of benzene rings is 2. The van der Waals surface area contributed by atoms with Crippen LogP contribution in [0, 0.1) is 20.8 Å². The number of amides is 1. The summed E-state index contributed by atoms with van der Waals surface area (Å²) in [6.07, 6.45) is 1.77. The second-order valence-corrected chi connectivity index (χ2v) is 9.08. The van der Waals surface area contributed by atoms with Gasteiger partial charge in [-0.05, 0) is 56.5 Å². The first-order valence-corrected chi connectivity index (χ1v) is 10.9. The number of hydrogen-bond acceptors (Lipinski definition) is 3. The molecule has 0 spiro atoms. The van der Waals surface area contributed by atoms with Crippen LogP contribution in [0.1, 0.15) is 29.5 Å². The van der Waals surface area contributed by atoms with Crippen LogP contribution in [0.25, 0.3) is 0 Å². The number of anilines is 2. The van der Waals surface area contributed by atoms with Gasteiger partial charge in [0.05, 0.1) is 11.9 Å². The fourth-order valence-electron chi connectivity index (χ4n) is 3.08. The molecule has 1 N–H and O–H groups in total. The van der Waals surface area contributed by atoms with Gasteiger partial charge in [-0.25, -0.2) is 8.42 Å². The van der Waals surface area contributed by atoms with Gasteiger partial charge in [0.15, 0.2) is 0 Å². The zero-order valence-electron chi connectivity index (χ0n) is 16.0. The van der Waals surface area contributed by atoms with Gasteiger partial charge in [-0.3, -0.25) is 9.10 Å². The van der Waals surface area contributed by atoms with Gasteiger partial charge in [-0.1, -0.05) is 35.4 Å². The van der Waals surface area contributed by atoms with Crippen LogP contribution < -0.4 is 9.62 Å². The number of hydrogen-bond donors (Lipinski definition) is 1. The lowest BCUT2D eigenvalue weighted by Gasteiger charge is -2.22. The number of aryl methyl sites for hydroxylation is 3. The Morgan fingerprint density at radius 3 is 2.30 bits per heavy atom. The van der Waals surface area contributed by atoms with E-state index in [1.54, 1.807) is 24.3 Å². The molecule has 0 radical (unpaired) electrons. The topological polar surface area (TPSA) is 66.5 Å². The van der Waals surface area contributed by atoms with E-state index in [0.717, 1.165) is 28.6 Å². The maximum absolute atomic E-state index is 12.3. The molecule has 2 aromatic rings. The summed E-state index contributed by atoms with van der Waals surface area (Å²) in [5.41, 5.74) is 4.49. The highest BCUT2D eigenvalue weighted by atomic mass is 35.5. The van der Waals surface area contributed by atoms with Gasteiger partial charge in [0.2, 0.25) is 15.9 Å². The Bertz CT molecular complexity index is 919. The van der Waals surface area contributed by atoms with Gasteiger partial charge in [0.25, 0.3) is 0 Å². The third-order valence-corrected chi connectivity index (χ3v) is 5.63. The Hall–Kier alpha value is -2.05. The zero-order chi connectivity index (χ0) is 20.2. The molecule has 0 heterocycles. The van der Waals surface area contributed by atoms with Gasteiger partial charge >= 0.3 is 0 Å². The molecule has 0 unspecified atom stereocenters. The van der Waals surface area contributed by atoms with Crippen LogP contribution in [0.4, 0.5) is 11.4 Å². The fraction of sp³-hybridized carbons (Fsp3) is 0.350. The van der Waals surface area contributed by atoms with Crippen molar-refractivity contribution in [3.8, 4) is 0 Å². The second kappa shape index (κ2) is 8.76. The Kier molecular flexibility index (Phi) is 6.89. The van der Waals surface area contributed by atoms with E-state index in [9.17, 15) is 13.2 Å².